The normalized spacial score (nSPS) is 10.7. The fraction of sp³-hybridized carbons (Fsp3) is 0.118. The van der Waals surface area contributed by atoms with E-state index in [0.29, 0.717) is 17.1 Å². The van der Waals surface area contributed by atoms with Gasteiger partial charge in [0.2, 0.25) is 0 Å². The molecule has 1 aromatic carbocycles. The van der Waals surface area contributed by atoms with Gasteiger partial charge in [0.25, 0.3) is 0 Å². The van der Waals surface area contributed by atoms with Crippen LogP contribution in [0, 0.1) is 11.3 Å². The summed E-state index contributed by atoms with van der Waals surface area (Å²) in [6.45, 7) is 0. The van der Waals surface area contributed by atoms with Crippen LogP contribution < -0.4 is 0 Å². The quantitative estimate of drug-likeness (QED) is 0.490. The maximum Gasteiger partial charge on any atom is 0.348 e. The van der Waals surface area contributed by atoms with E-state index in [2.05, 4.69) is 9.47 Å². The molecule has 1 heterocycles. The monoisotopic (exact) mass is 311 g/mol. The number of furan rings is 1. The number of methoxy groups -OCH3 is 2. The standard InChI is InChI=1S/C17H13NO5/c1-21-16(19)12-5-3-11(4-6-12)15-8-7-14(23-15)9-13(10-18)17(20)22-2/h3-9H,1-2H3/b13-9+. The number of esters is 2. The van der Waals surface area contributed by atoms with E-state index in [1.807, 2.05) is 0 Å². The highest BCUT2D eigenvalue weighted by Gasteiger charge is 2.11. The summed E-state index contributed by atoms with van der Waals surface area (Å²) in [6, 6.07) is 11.7. The third-order valence-corrected chi connectivity index (χ3v) is 3.03. The maximum atomic E-state index is 11.4. The second kappa shape index (κ2) is 7.09. The van der Waals surface area contributed by atoms with Crippen LogP contribution in [0.25, 0.3) is 17.4 Å². The van der Waals surface area contributed by atoms with Crippen molar-refractivity contribution in [1.82, 2.24) is 0 Å². The van der Waals surface area contributed by atoms with Crippen LogP contribution in [-0.4, -0.2) is 26.2 Å². The van der Waals surface area contributed by atoms with Gasteiger partial charge in [0.05, 0.1) is 19.8 Å². The summed E-state index contributed by atoms with van der Waals surface area (Å²) in [6.07, 6.45) is 1.30. The molecule has 0 saturated heterocycles. The number of ether oxygens (including phenoxy) is 2. The van der Waals surface area contributed by atoms with Gasteiger partial charge in [-0.2, -0.15) is 5.26 Å². The average molecular weight is 311 g/mol. The Morgan fingerprint density at radius 2 is 1.78 bits per heavy atom. The van der Waals surface area contributed by atoms with Crippen LogP contribution in [-0.2, 0) is 14.3 Å². The summed E-state index contributed by atoms with van der Waals surface area (Å²) >= 11 is 0. The molecule has 0 radical (unpaired) electrons. The van der Waals surface area contributed by atoms with Gasteiger partial charge >= 0.3 is 11.9 Å². The SMILES string of the molecule is COC(=O)/C(C#N)=C/c1ccc(-c2ccc(C(=O)OC)cc2)o1. The molecule has 0 fully saturated rings. The van der Waals surface area contributed by atoms with Crippen molar-refractivity contribution in [2.75, 3.05) is 14.2 Å². The van der Waals surface area contributed by atoms with Gasteiger partial charge in [0, 0.05) is 11.6 Å². The summed E-state index contributed by atoms with van der Waals surface area (Å²) in [5.74, 6) is -0.266. The van der Waals surface area contributed by atoms with Crippen molar-refractivity contribution in [3.8, 4) is 17.4 Å². The zero-order valence-electron chi connectivity index (χ0n) is 12.5. The second-order valence-electron chi connectivity index (χ2n) is 4.43. The molecule has 0 amide bonds. The largest absolute Gasteiger partial charge is 0.465 e. The Kier molecular flexibility index (Phi) is 4.95. The van der Waals surface area contributed by atoms with Crippen molar-refractivity contribution >= 4 is 18.0 Å². The van der Waals surface area contributed by atoms with Crippen LogP contribution in [0.4, 0.5) is 0 Å². The summed E-state index contributed by atoms with van der Waals surface area (Å²) in [5.41, 5.74) is 1.02. The van der Waals surface area contributed by atoms with Crippen LogP contribution in [0.3, 0.4) is 0 Å². The fourth-order valence-electron chi connectivity index (χ4n) is 1.86. The number of nitriles is 1. The van der Waals surface area contributed by atoms with Crippen molar-refractivity contribution in [2.24, 2.45) is 0 Å². The van der Waals surface area contributed by atoms with E-state index in [1.54, 1.807) is 42.5 Å². The van der Waals surface area contributed by atoms with Gasteiger partial charge in [-0.25, -0.2) is 9.59 Å². The predicted octanol–water partition coefficient (Wildman–Crippen LogP) is 2.81. The molecule has 2 aromatic rings. The molecule has 116 valence electrons. The molecule has 23 heavy (non-hydrogen) atoms. The Labute approximate surface area is 132 Å². The van der Waals surface area contributed by atoms with Crippen LogP contribution in [0.1, 0.15) is 16.1 Å². The number of carbonyl (C=O) groups is 2. The van der Waals surface area contributed by atoms with Gasteiger partial charge in [0.15, 0.2) is 0 Å². The fourth-order valence-corrected chi connectivity index (χ4v) is 1.86. The van der Waals surface area contributed by atoms with Crippen molar-refractivity contribution in [2.45, 2.75) is 0 Å². The van der Waals surface area contributed by atoms with Gasteiger partial charge in [0.1, 0.15) is 23.2 Å². The first kappa shape index (κ1) is 16.0. The molecule has 6 nitrogen and oxygen atoms in total. The number of carbonyl (C=O) groups excluding carboxylic acids is 2. The average Bonchev–Trinajstić information content (AvgIpc) is 3.07. The zero-order valence-corrected chi connectivity index (χ0v) is 12.5. The molecule has 0 bridgehead atoms. The summed E-state index contributed by atoms with van der Waals surface area (Å²) in [5, 5.41) is 8.91. The Morgan fingerprint density at radius 3 is 2.35 bits per heavy atom. The van der Waals surface area contributed by atoms with E-state index in [1.165, 1.54) is 20.3 Å². The molecule has 0 aliphatic rings. The lowest BCUT2D eigenvalue weighted by Crippen LogP contribution is -2.02. The lowest BCUT2D eigenvalue weighted by molar-refractivity contribution is -0.135. The van der Waals surface area contributed by atoms with Gasteiger partial charge in [-0.1, -0.05) is 12.1 Å². The van der Waals surface area contributed by atoms with Crippen molar-refractivity contribution < 1.29 is 23.5 Å². The van der Waals surface area contributed by atoms with E-state index in [4.69, 9.17) is 9.68 Å². The molecule has 2 rings (SSSR count). The number of rotatable bonds is 4. The van der Waals surface area contributed by atoms with Crippen LogP contribution in [0.2, 0.25) is 0 Å². The number of benzene rings is 1. The Morgan fingerprint density at radius 1 is 1.09 bits per heavy atom. The summed E-state index contributed by atoms with van der Waals surface area (Å²) < 4.78 is 14.7. The lowest BCUT2D eigenvalue weighted by atomic mass is 10.1. The zero-order chi connectivity index (χ0) is 16.8. The minimum Gasteiger partial charge on any atom is -0.465 e. The first-order chi connectivity index (χ1) is 11.1. The van der Waals surface area contributed by atoms with E-state index >= 15 is 0 Å². The first-order valence-corrected chi connectivity index (χ1v) is 6.57. The van der Waals surface area contributed by atoms with Crippen LogP contribution in [0.15, 0.2) is 46.4 Å². The molecular formula is C17H13NO5. The van der Waals surface area contributed by atoms with E-state index < -0.39 is 11.9 Å². The number of hydrogen-bond donors (Lipinski definition) is 0. The van der Waals surface area contributed by atoms with Gasteiger partial charge in [-0.15, -0.1) is 0 Å². The van der Waals surface area contributed by atoms with Crippen molar-refractivity contribution in [1.29, 1.82) is 5.26 Å². The molecule has 0 saturated carbocycles. The van der Waals surface area contributed by atoms with E-state index in [-0.39, 0.29) is 5.57 Å². The highest BCUT2D eigenvalue weighted by atomic mass is 16.5. The van der Waals surface area contributed by atoms with E-state index in [0.717, 1.165) is 5.56 Å². The van der Waals surface area contributed by atoms with Crippen molar-refractivity contribution in [3.63, 3.8) is 0 Å². The van der Waals surface area contributed by atoms with Gasteiger partial charge in [-0.3, -0.25) is 0 Å². The Bertz CT molecular complexity index is 793. The highest BCUT2D eigenvalue weighted by molar-refractivity contribution is 5.97. The molecular weight excluding hydrogens is 298 g/mol. The van der Waals surface area contributed by atoms with Crippen LogP contribution >= 0.6 is 0 Å². The molecule has 0 unspecified atom stereocenters. The van der Waals surface area contributed by atoms with E-state index in [9.17, 15) is 9.59 Å². The molecule has 6 heteroatoms. The van der Waals surface area contributed by atoms with Crippen LogP contribution in [0.5, 0.6) is 0 Å². The summed E-state index contributed by atoms with van der Waals surface area (Å²) in [7, 11) is 2.51. The smallest absolute Gasteiger partial charge is 0.348 e. The van der Waals surface area contributed by atoms with Gasteiger partial charge < -0.3 is 13.9 Å². The minimum atomic E-state index is -0.729. The second-order valence-corrected chi connectivity index (χ2v) is 4.43. The summed E-state index contributed by atoms with van der Waals surface area (Å²) in [4.78, 5) is 22.7. The molecule has 0 spiro atoms. The number of hydrogen-bond acceptors (Lipinski definition) is 6. The third-order valence-electron chi connectivity index (χ3n) is 3.03. The number of nitrogens with zero attached hydrogens (tertiary/aromatic N) is 1. The molecule has 0 aliphatic heterocycles. The first-order valence-electron chi connectivity index (χ1n) is 6.57. The van der Waals surface area contributed by atoms with Crippen molar-refractivity contribution in [3.05, 3.63) is 53.3 Å². The minimum absolute atomic E-state index is 0.158. The lowest BCUT2D eigenvalue weighted by Gasteiger charge is -2.00. The maximum absolute atomic E-state index is 11.4. The predicted molar refractivity (Wildman–Crippen MR) is 81.1 cm³/mol. The third kappa shape index (κ3) is 3.66. The Hall–Kier alpha value is -3.33. The molecule has 1 aromatic heterocycles. The van der Waals surface area contributed by atoms with Gasteiger partial charge in [-0.05, 0) is 24.3 Å². The Balaban J connectivity index is 2.26. The highest BCUT2D eigenvalue weighted by Crippen LogP contribution is 2.24. The molecule has 0 N–H and O–H groups in total. The molecule has 0 aliphatic carbocycles. The molecule has 0 atom stereocenters. The topological polar surface area (TPSA) is 89.5 Å².